The summed E-state index contributed by atoms with van der Waals surface area (Å²) in [5.74, 6) is 1.70. The van der Waals surface area contributed by atoms with Gasteiger partial charge in [-0.1, -0.05) is 23.8 Å². The summed E-state index contributed by atoms with van der Waals surface area (Å²) in [4.78, 5) is 36.9. The summed E-state index contributed by atoms with van der Waals surface area (Å²) in [6.45, 7) is 4.47. The molecule has 5 rings (SSSR count). The molecular weight excluding hydrogens is 398 g/mol. The fourth-order valence-electron chi connectivity index (χ4n) is 3.60. The van der Waals surface area contributed by atoms with Crippen molar-refractivity contribution in [2.45, 2.75) is 20.4 Å². The molecule has 156 valence electrons. The first-order chi connectivity index (χ1) is 15.0. The lowest BCUT2D eigenvalue weighted by Crippen LogP contribution is -2.34. The van der Waals surface area contributed by atoms with Gasteiger partial charge in [0.05, 0.1) is 5.69 Å². The third-order valence-corrected chi connectivity index (χ3v) is 5.13. The van der Waals surface area contributed by atoms with Crippen molar-refractivity contribution in [2.75, 3.05) is 12.1 Å². The van der Waals surface area contributed by atoms with E-state index in [2.05, 4.69) is 20.3 Å². The third kappa shape index (κ3) is 3.39. The van der Waals surface area contributed by atoms with Crippen LogP contribution in [-0.2, 0) is 6.54 Å². The van der Waals surface area contributed by atoms with E-state index in [0.29, 0.717) is 29.7 Å². The first-order valence-corrected chi connectivity index (χ1v) is 9.72. The zero-order valence-electron chi connectivity index (χ0n) is 16.9. The molecule has 0 radical (unpaired) electrons. The van der Waals surface area contributed by atoms with Crippen LogP contribution in [0.1, 0.15) is 16.7 Å². The Morgan fingerprint density at radius 2 is 1.94 bits per heavy atom. The van der Waals surface area contributed by atoms with E-state index in [4.69, 9.17) is 9.47 Å². The van der Waals surface area contributed by atoms with Crippen LogP contribution in [0.2, 0.25) is 0 Å². The minimum absolute atomic E-state index is 0.180. The number of nitrogens with zero attached hydrogens (tertiary/aromatic N) is 3. The molecule has 2 aromatic carbocycles. The molecule has 4 aromatic rings. The molecule has 9 nitrogen and oxygen atoms in total. The lowest BCUT2D eigenvalue weighted by Gasteiger charge is -2.10. The number of fused-ring (bicyclic) bond motifs is 2. The van der Waals surface area contributed by atoms with Gasteiger partial charge in [-0.25, -0.2) is 14.3 Å². The van der Waals surface area contributed by atoms with Crippen LogP contribution in [0.15, 0.2) is 52.2 Å². The molecule has 1 aliphatic heterocycles. The predicted octanol–water partition coefficient (Wildman–Crippen LogP) is 2.43. The number of H-pyrrole nitrogens is 1. The highest BCUT2D eigenvalue weighted by molar-refractivity contribution is 5.73. The zero-order valence-corrected chi connectivity index (χ0v) is 16.9. The highest BCUT2D eigenvalue weighted by Gasteiger charge is 2.15. The second-order valence-electron chi connectivity index (χ2n) is 7.36. The smallest absolute Gasteiger partial charge is 0.334 e. The number of aromatic amines is 1. The van der Waals surface area contributed by atoms with Gasteiger partial charge >= 0.3 is 5.69 Å². The van der Waals surface area contributed by atoms with Crippen molar-refractivity contribution in [3.63, 3.8) is 0 Å². The normalized spacial score (nSPS) is 12.3. The van der Waals surface area contributed by atoms with Gasteiger partial charge < -0.3 is 14.8 Å². The zero-order chi connectivity index (χ0) is 21.5. The summed E-state index contributed by atoms with van der Waals surface area (Å²) in [6.07, 6.45) is 1.42. The number of ether oxygens (including phenoxy) is 2. The Hall–Kier alpha value is -4.14. The molecule has 2 N–H and O–H groups in total. The molecule has 31 heavy (non-hydrogen) atoms. The Bertz CT molecular complexity index is 1440. The first kappa shape index (κ1) is 18.9. The minimum atomic E-state index is -0.551. The number of nitrogens with one attached hydrogen (secondary N) is 2. The summed E-state index contributed by atoms with van der Waals surface area (Å²) in [7, 11) is 0. The summed E-state index contributed by atoms with van der Waals surface area (Å²) < 4.78 is 11.8. The average molecular weight is 417 g/mol. The molecule has 0 unspecified atom stereocenters. The van der Waals surface area contributed by atoms with E-state index in [1.54, 1.807) is 6.07 Å². The van der Waals surface area contributed by atoms with Crippen LogP contribution in [0.5, 0.6) is 11.5 Å². The molecule has 0 atom stereocenters. The lowest BCUT2D eigenvalue weighted by molar-refractivity contribution is 0.174. The number of benzene rings is 2. The Kier molecular flexibility index (Phi) is 4.43. The number of aryl methyl sites for hydroxylation is 2. The van der Waals surface area contributed by atoms with Gasteiger partial charge in [0.2, 0.25) is 12.7 Å². The maximum atomic E-state index is 13.0. The van der Waals surface area contributed by atoms with Gasteiger partial charge in [-0.3, -0.25) is 9.78 Å². The molecule has 0 spiro atoms. The number of anilines is 1. The van der Waals surface area contributed by atoms with Gasteiger partial charge in [-0.05, 0) is 43.2 Å². The highest BCUT2D eigenvalue weighted by atomic mass is 16.7. The maximum absolute atomic E-state index is 13.0. The van der Waals surface area contributed by atoms with Crippen LogP contribution in [0.4, 0.5) is 5.95 Å². The molecule has 2 aromatic heterocycles. The van der Waals surface area contributed by atoms with Crippen LogP contribution in [-0.4, -0.2) is 26.3 Å². The molecular formula is C22H19N5O4. The van der Waals surface area contributed by atoms with E-state index in [-0.39, 0.29) is 17.8 Å². The molecule has 0 saturated carbocycles. The predicted molar refractivity (Wildman–Crippen MR) is 115 cm³/mol. The third-order valence-electron chi connectivity index (χ3n) is 5.13. The first-order valence-electron chi connectivity index (χ1n) is 9.72. The van der Waals surface area contributed by atoms with Crippen molar-refractivity contribution in [3.05, 3.63) is 80.1 Å². The monoisotopic (exact) mass is 417 g/mol. The topological polar surface area (TPSA) is 111 Å². The van der Waals surface area contributed by atoms with Crippen molar-refractivity contribution in [2.24, 2.45) is 0 Å². The second kappa shape index (κ2) is 7.28. The van der Waals surface area contributed by atoms with E-state index in [9.17, 15) is 9.59 Å². The number of aromatic nitrogens is 4. The SMILES string of the molecule is Cc1ccc(-n2c(=O)[nH]c3nc(NCc4ccc5c(c4)OCO5)ncc3c2=O)c(C)c1. The van der Waals surface area contributed by atoms with E-state index >= 15 is 0 Å². The highest BCUT2D eigenvalue weighted by Crippen LogP contribution is 2.32. The van der Waals surface area contributed by atoms with Crippen molar-refractivity contribution in [1.82, 2.24) is 19.5 Å². The number of hydrogen-bond donors (Lipinski definition) is 2. The summed E-state index contributed by atoms with van der Waals surface area (Å²) in [6, 6.07) is 11.2. The summed E-state index contributed by atoms with van der Waals surface area (Å²) in [5, 5.41) is 3.33. The van der Waals surface area contributed by atoms with Gasteiger partial charge in [0.25, 0.3) is 5.56 Å². The standard InChI is InChI=1S/C22H19N5O4/c1-12-3-5-16(13(2)7-12)27-20(28)15-10-24-21(25-19(15)26-22(27)29)23-9-14-4-6-17-18(8-14)31-11-30-17/h3-8,10H,9,11H2,1-2H3,(H2,23,24,25,26,29). The minimum Gasteiger partial charge on any atom is -0.454 e. The van der Waals surface area contributed by atoms with Crippen LogP contribution in [0.25, 0.3) is 16.7 Å². The van der Waals surface area contributed by atoms with Crippen LogP contribution in [0, 0.1) is 13.8 Å². The van der Waals surface area contributed by atoms with Gasteiger partial charge in [-0.15, -0.1) is 0 Å². The van der Waals surface area contributed by atoms with Crippen molar-refractivity contribution in [1.29, 1.82) is 0 Å². The average Bonchev–Trinajstić information content (AvgIpc) is 3.21. The quantitative estimate of drug-likeness (QED) is 0.525. The van der Waals surface area contributed by atoms with E-state index in [1.165, 1.54) is 6.20 Å². The Morgan fingerprint density at radius 1 is 1.10 bits per heavy atom. The number of hydrogen-bond acceptors (Lipinski definition) is 7. The molecule has 3 heterocycles. The molecule has 1 aliphatic rings. The fraction of sp³-hybridized carbons (Fsp3) is 0.182. The van der Waals surface area contributed by atoms with Gasteiger partial charge in [0.1, 0.15) is 5.39 Å². The largest absolute Gasteiger partial charge is 0.454 e. The van der Waals surface area contributed by atoms with Crippen LogP contribution < -0.4 is 26.0 Å². The van der Waals surface area contributed by atoms with E-state index < -0.39 is 11.2 Å². The second-order valence-corrected chi connectivity index (χ2v) is 7.36. The molecule has 9 heteroatoms. The summed E-state index contributed by atoms with van der Waals surface area (Å²) >= 11 is 0. The summed E-state index contributed by atoms with van der Waals surface area (Å²) in [5.41, 5.74) is 2.52. The van der Waals surface area contributed by atoms with Gasteiger partial charge in [0.15, 0.2) is 17.1 Å². The molecule has 0 bridgehead atoms. The Morgan fingerprint density at radius 3 is 2.77 bits per heavy atom. The number of rotatable bonds is 4. The van der Waals surface area contributed by atoms with Crippen LogP contribution in [0.3, 0.4) is 0 Å². The fourth-order valence-corrected chi connectivity index (χ4v) is 3.60. The Balaban J connectivity index is 1.46. The van der Waals surface area contributed by atoms with Crippen molar-refractivity contribution >= 4 is 17.0 Å². The maximum Gasteiger partial charge on any atom is 0.334 e. The van der Waals surface area contributed by atoms with Gasteiger partial charge in [0, 0.05) is 12.7 Å². The van der Waals surface area contributed by atoms with E-state index in [0.717, 1.165) is 21.3 Å². The molecule has 0 saturated heterocycles. The lowest BCUT2D eigenvalue weighted by atomic mass is 10.1. The van der Waals surface area contributed by atoms with Crippen molar-refractivity contribution in [3.8, 4) is 17.2 Å². The van der Waals surface area contributed by atoms with Crippen LogP contribution >= 0.6 is 0 Å². The Labute approximate surface area is 176 Å². The van der Waals surface area contributed by atoms with E-state index in [1.807, 2.05) is 44.2 Å². The van der Waals surface area contributed by atoms with Crippen molar-refractivity contribution < 1.29 is 9.47 Å². The molecule has 0 aliphatic carbocycles. The molecule has 0 fully saturated rings. The molecule has 0 amide bonds. The van der Waals surface area contributed by atoms with Gasteiger partial charge in [-0.2, -0.15) is 4.98 Å².